The second kappa shape index (κ2) is 8.64. The molecule has 0 aliphatic carbocycles. The van der Waals surface area contributed by atoms with Crippen LogP contribution in [0.25, 0.3) is 0 Å². The molecule has 0 aliphatic rings. The normalized spacial score (nSPS) is 12.8. The molecule has 1 aromatic rings. The molecule has 0 fully saturated rings. The number of halogens is 2. The highest BCUT2D eigenvalue weighted by Crippen LogP contribution is 2.24. The molecular weight excluding hydrogens is 363 g/mol. The van der Waals surface area contributed by atoms with Crippen LogP contribution in [0.4, 0.5) is 9.18 Å². The maximum Gasteiger partial charge on any atom is 0.410 e. The zero-order chi connectivity index (χ0) is 17.6. The van der Waals surface area contributed by atoms with Crippen molar-refractivity contribution in [1.82, 2.24) is 10.2 Å². The third-order valence-electron chi connectivity index (χ3n) is 3.25. The quantitative estimate of drug-likeness (QED) is 0.729. The van der Waals surface area contributed by atoms with Gasteiger partial charge in [-0.1, -0.05) is 22.0 Å². The molecule has 4 nitrogen and oxygen atoms in total. The molecule has 1 atom stereocenters. The highest BCUT2D eigenvalue weighted by molar-refractivity contribution is 9.10. The lowest BCUT2D eigenvalue weighted by Gasteiger charge is -2.25. The zero-order valence-corrected chi connectivity index (χ0v) is 16.0. The first-order valence-corrected chi connectivity index (χ1v) is 8.52. The van der Waals surface area contributed by atoms with E-state index >= 15 is 0 Å². The van der Waals surface area contributed by atoms with Crippen molar-refractivity contribution in [2.24, 2.45) is 0 Å². The van der Waals surface area contributed by atoms with Crippen molar-refractivity contribution in [2.45, 2.75) is 45.8 Å². The molecule has 6 heteroatoms. The van der Waals surface area contributed by atoms with Gasteiger partial charge in [-0.3, -0.25) is 0 Å². The monoisotopic (exact) mass is 388 g/mol. The van der Waals surface area contributed by atoms with Gasteiger partial charge in [0.2, 0.25) is 0 Å². The molecule has 0 radical (unpaired) electrons. The third-order valence-corrected chi connectivity index (χ3v) is 3.94. The van der Waals surface area contributed by atoms with Gasteiger partial charge in [-0.25, -0.2) is 9.18 Å². The lowest BCUT2D eigenvalue weighted by Crippen LogP contribution is -2.35. The van der Waals surface area contributed by atoms with E-state index in [2.05, 4.69) is 21.2 Å². The first kappa shape index (κ1) is 19.9. The summed E-state index contributed by atoms with van der Waals surface area (Å²) in [7, 11) is 1.73. The first-order valence-electron chi connectivity index (χ1n) is 7.72. The van der Waals surface area contributed by atoms with Crippen molar-refractivity contribution in [2.75, 3.05) is 20.1 Å². The van der Waals surface area contributed by atoms with Gasteiger partial charge in [0.15, 0.2) is 0 Å². The Labute approximate surface area is 146 Å². The van der Waals surface area contributed by atoms with Crippen LogP contribution in [0.5, 0.6) is 0 Å². The van der Waals surface area contributed by atoms with E-state index in [1.54, 1.807) is 18.0 Å². The van der Waals surface area contributed by atoms with Gasteiger partial charge < -0.3 is 15.0 Å². The minimum Gasteiger partial charge on any atom is -0.444 e. The predicted octanol–water partition coefficient (Wildman–Crippen LogP) is 4.50. The molecule has 0 saturated heterocycles. The van der Waals surface area contributed by atoms with Crippen molar-refractivity contribution < 1.29 is 13.9 Å². The van der Waals surface area contributed by atoms with Crippen molar-refractivity contribution >= 4 is 22.0 Å². The van der Waals surface area contributed by atoms with E-state index in [4.69, 9.17) is 4.74 Å². The van der Waals surface area contributed by atoms with Gasteiger partial charge >= 0.3 is 6.09 Å². The maximum atomic E-state index is 13.1. The summed E-state index contributed by atoms with van der Waals surface area (Å²) in [6.07, 6.45) is 0.491. The number of ether oxygens (including phenoxy) is 1. The average molecular weight is 389 g/mol. The zero-order valence-electron chi connectivity index (χ0n) is 14.5. The summed E-state index contributed by atoms with van der Waals surface area (Å²) in [5.74, 6) is -0.258. The highest BCUT2D eigenvalue weighted by atomic mass is 79.9. The van der Waals surface area contributed by atoms with Crippen LogP contribution in [0.1, 0.15) is 45.7 Å². The average Bonchev–Trinajstić information content (AvgIpc) is 2.41. The topological polar surface area (TPSA) is 41.6 Å². The van der Waals surface area contributed by atoms with E-state index in [0.29, 0.717) is 6.54 Å². The fourth-order valence-electron chi connectivity index (χ4n) is 2.03. The third kappa shape index (κ3) is 7.31. The second-order valence-corrected chi connectivity index (χ2v) is 7.45. The van der Waals surface area contributed by atoms with Gasteiger partial charge in [-0.2, -0.15) is 0 Å². The summed E-state index contributed by atoms with van der Waals surface area (Å²) >= 11 is 3.38. The Bertz CT molecular complexity index is 532. The van der Waals surface area contributed by atoms with Crippen LogP contribution in [-0.4, -0.2) is 36.7 Å². The Hall–Kier alpha value is -1.14. The van der Waals surface area contributed by atoms with Gasteiger partial charge in [-0.15, -0.1) is 0 Å². The second-order valence-electron chi connectivity index (χ2n) is 6.60. The molecule has 1 N–H and O–H groups in total. The largest absolute Gasteiger partial charge is 0.444 e. The molecule has 0 bridgehead atoms. The number of benzene rings is 1. The molecule has 0 heterocycles. The number of nitrogens with zero attached hydrogens (tertiary/aromatic N) is 1. The smallest absolute Gasteiger partial charge is 0.410 e. The van der Waals surface area contributed by atoms with Crippen LogP contribution >= 0.6 is 15.9 Å². The van der Waals surface area contributed by atoms with Gasteiger partial charge in [0, 0.05) is 24.1 Å². The van der Waals surface area contributed by atoms with Crippen molar-refractivity contribution in [3.8, 4) is 0 Å². The van der Waals surface area contributed by atoms with Crippen LogP contribution in [0.2, 0.25) is 0 Å². The molecule has 0 spiro atoms. The minimum absolute atomic E-state index is 0.0943. The van der Waals surface area contributed by atoms with Crippen molar-refractivity contribution in [3.63, 3.8) is 0 Å². The van der Waals surface area contributed by atoms with E-state index in [1.165, 1.54) is 12.1 Å². The lowest BCUT2D eigenvalue weighted by atomic mass is 10.1. The van der Waals surface area contributed by atoms with E-state index in [1.807, 2.05) is 27.7 Å². The Morgan fingerprint density at radius 1 is 1.43 bits per heavy atom. The van der Waals surface area contributed by atoms with Crippen LogP contribution in [-0.2, 0) is 4.74 Å². The van der Waals surface area contributed by atoms with Gasteiger partial charge in [0.1, 0.15) is 11.4 Å². The Balaban J connectivity index is 2.35. The molecular formula is C17H26BrFN2O2. The van der Waals surface area contributed by atoms with Gasteiger partial charge in [0.05, 0.1) is 0 Å². The van der Waals surface area contributed by atoms with Crippen LogP contribution in [0.3, 0.4) is 0 Å². The standard InChI is InChI=1S/C17H26BrFN2O2/c1-12(14-8-7-13(19)11-15(14)18)20-9-6-10-21(5)16(22)23-17(2,3)4/h7-8,11-12,20H,6,9-10H2,1-5H3. The number of carbonyl (C=O) groups excluding carboxylic acids is 1. The number of rotatable bonds is 6. The molecule has 0 aromatic heterocycles. The van der Waals surface area contributed by atoms with Gasteiger partial charge in [-0.05, 0) is 58.4 Å². The fourth-order valence-corrected chi connectivity index (χ4v) is 2.72. The van der Waals surface area contributed by atoms with Crippen LogP contribution in [0, 0.1) is 5.82 Å². The molecule has 1 amide bonds. The number of hydrogen-bond donors (Lipinski definition) is 1. The lowest BCUT2D eigenvalue weighted by molar-refractivity contribution is 0.0297. The van der Waals surface area contributed by atoms with Crippen LogP contribution in [0.15, 0.2) is 22.7 Å². The summed E-state index contributed by atoms with van der Waals surface area (Å²) in [5, 5.41) is 3.37. The predicted molar refractivity (Wildman–Crippen MR) is 94.0 cm³/mol. The van der Waals surface area contributed by atoms with Crippen molar-refractivity contribution in [1.29, 1.82) is 0 Å². The van der Waals surface area contributed by atoms with E-state index in [-0.39, 0.29) is 18.0 Å². The number of hydrogen-bond acceptors (Lipinski definition) is 3. The molecule has 0 saturated carbocycles. The van der Waals surface area contributed by atoms with E-state index < -0.39 is 5.60 Å². The minimum atomic E-state index is -0.479. The highest BCUT2D eigenvalue weighted by Gasteiger charge is 2.19. The number of carbonyl (C=O) groups is 1. The summed E-state index contributed by atoms with van der Waals surface area (Å²) in [5.41, 5.74) is 0.527. The van der Waals surface area contributed by atoms with Crippen molar-refractivity contribution in [3.05, 3.63) is 34.1 Å². The molecule has 23 heavy (non-hydrogen) atoms. The summed E-state index contributed by atoms with van der Waals surface area (Å²) < 4.78 is 19.2. The maximum absolute atomic E-state index is 13.1. The van der Waals surface area contributed by atoms with E-state index in [9.17, 15) is 9.18 Å². The SMILES string of the molecule is CC(NCCCN(C)C(=O)OC(C)(C)C)c1ccc(F)cc1Br. The molecule has 1 aromatic carbocycles. The van der Waals surface area contributed by atoms with Gasteiger partial charge in [0.25, 0.3) is 0 Å². The summed E-state index contributed by atoms with van der Waals surface area (Å²) in [4.78, 5) is 13.4. The Morgan fingerprint density at radius 3 is 2.65 bits per heavy atom. The first-order chi connectivity index (χ1) is 10.6. The van der Waals surface area contributed by atoms with Crippen LogP contribution < -0.4 is 5.32 Å². The molecule has 0 aliphatic heterocycles. The molecule has 130 valence electrons. The fraction of sp³-hybridized carbons (Fsp3) is 0.588. The number of nitrogens with one attached hydrogen (secondary N) is 1. The molecule has 1 unspecified atom stereocenters. The van der Waals surface area contributed by atoms with E-state index in [0.717, 1.165) is 23.0 Å². The Morgan fingerprint density at radius 2 is 2.09 bits per heavy atom. The Kier molecular flexibility index (Phi) is 7.48. The number of amides is 1. The summed E-state index contributed by atoms with van der Waals surface area (Å²) in [6, 6.07) is 4.78. The summed E-state index contributed by atoms with van der Waals surface area (Å²) in [6.45, 7) is 8.93. The molecule has 1 rings (SSSR count).